The van der Waals surface area contributed by atoms with Crippen molar-refractivity contribution in [3.63, 3.8) is 0 Å². The van der Waals surface area contributed by atoms with Gasteiger partial charge in [0.25, 0.3) is 0 Å². The summed E-state index contributed by atoms with van der Waals surface area (Å²) in [4.78, 5) is 14.7. The van der Waals surface area contributed by atoms with Crippen LogP contribution in [0.25, 0.3) is 0 Å². The fourth-order valence-corrected chi connectivity index (χ4v) is 3.08. The Kier molecular flexibility index (Phi) is 7.28. The van der Waals surface area contributed by atoms with Gasteiger partial charge < -0.3 is 15.0 Å². The largest absolute Gasteiger partial charge is 0.489 e. The van der Waals surface area contributed by atoms with E-state index in [1.807, 2.05) is 89.8 Å². The highest BCUT2D eigenvalue weighted by atomic mass is 16.5. The van der Waals surface area contributed by atoms with Gasteiger partial charge in [0, 0.05) is 18.8 Å². The van der Waals surface area contributed by atoms with E-state index in [1.54, 1.807) is 0 Å². The van der Waals surface area contributed by atoms with Gasteiger partial charge in [0.15, 0.2) is 0 Å². The minimum Gasteiger partial charge on any atom is -0.489 e. The highest BCUT2D eigenvalue weighted by Gasteiger charge is 2.16. The van der Waals surface area contributed by atoms with Crippen LogP contribution in [-0.2, 0) is 13.2 Å². The van der Waals surface area contributed by atoms with Crippen LogP contribution in [0.1, 0.15) is 25.0 Å². The molecule has 0 radical (unpaired) electrons. The minimum absolute atomic E-state index is 0.0968. The summed E-state index contributed by atoms with van der Waals surface area (Å²) in [7, 11) is 0. The van der Waals surface area contributed by atoms with Gasteiger partial charge in [-0.05, 0) is 41.3 Å². The average molecular weight is 389 g/mol. The Morgan fingerprint density at radius 3 is 2.24 bits per heavy atom. The molecule has 0 unspecified atom stereocenters. The Labute approximate surface area is 173 Å². The van der Waals surface area contributed by atoms with Crippen LogP contribution in [-0.4, -0.2) is 17.5 Å². The third kappa shape index (κ3) is 6.68. The lowest BCUT2D eigenvalue weighted by molar-refractivity contribution is 0.201. The minimum atomic E-state index is -0.0968. The van der Waals surface area contributed by atoms with E-state index in [9.17, 15) is 4.79 Å². The van der Waals surface area contributed by atoms with Crippen LogP contribution < -0.4 is 10.1 Å². The second kappa shape index (κ2) is 10.3. The molecule has 2 amide bonds. The van der Waals surface area contributed by atoms with E-state index >= 15 is 0 Å². The van der Waals surface area contributed by atoms with Gasteiger partial charge in [0.1, 0.15) is 12.4 Å². The number of benzene rings is 3. The Morgan fingerprint density at radius 2 is 1.55 bits per heavy atom. The molecule has 3 rings (SSSR count). The number of nitrogens with zero attached hydrogens (tertiary/aromatic N) is 1. The van der Waals surface area contributed by atoms with E-state index in [1.165, 1.54) is 0 Å². The van der Waals surface area contributed by atoms with E-state index < -0.39 is 0 Å². The Hall–Kier alpha value is -3.27. The van der Waals surface area contributed by atoms with Crippen molar-refractivity contribution in [1.82, 2.24) is 4.90 Å². The number of hydrogen-bond donors (Lipinski definition) is 1. The third-order valence-electron chi connectivity index (χ3n) is 4.42. The van der Waals surface area contributed by atoms with Gasteiger partial charge in [-0.15, -0.1) is 0 Å². The quantitative estimate of drug-likeness (QED) is 0.518. The molecule has 4 heteroatoms. The molecule has 150 valence electrons. The lowest BCUT2D eigenvalue weighted by atomic mass is 10.1. The van der Waals surface area contributed by atoms with E-state index in [-0.39, 0.29) is 6.03 Å². The van der Waals surface area contributed by atoms with Gasteiger partial charge >= 0.3 is 6.03 Å². The molecule has 0 saturated heterocycles. The van der Waals surface area contributed by atoms with Crippen LogP contribution in [0.3, 0.4) is 0 Å². The normalized spacial score (nSPS) is 10.6. The predicted molar refractivity (Wildman–Crippen MR) is 118 cm³/mol. The highest BCUT2D eigenvalue weighted by Crippen LogP contribution is 2.18. The standard InChI is InChI=1S/C25H28N2O2/c1-20(2)17-27(25(28)26-23-13-7-4-8-14-23)18-22-12-9-15-24(16-22)29-19-21-10-5-3-6-11-21/h3-16,20H,17-19H2,1-2H3,(H,26,28). The number of rotatable bonds is 8. The molecule has 0 fully saturated rings. The first-order chi connectivity index (χ1) is 14.1. The molecule has 0 saturated carbocycles. The monoisotopic (exact) mass is 388 g/mol. The molecule has 0 spiro atoms. The summed E-state index contributed by atoms with van der Waals surface area (Å²) in [5, 5.41) is 2.98. The van der Waals surface area contributed by atoms with E-state index in [2.05, 4.69) is 19.2 Å². The SMILES string of the molecule is CC(C)CN(Cc1cccc(OCc2ccccc2)c1)C(=O)Nc1ccccc1. The molecule has 0 heterocycles. The highest BCUT2D eigenvalue weighted by molar-refractivity contribution is 5.89. The number of amides is 2. The number of carbonyl (C=O) groups excluding carboxylic acids is 1. The molecule has 0 aromatic heterocycles. The molecule has 0 aliphatic heterocycles. The molecule has 3 aromatic carbocycles. The first kappa shape index (κ1) is 20.5. The number of urea groups is 1. The molecular formula is C25H28N2O2. The van der Waals surface area contributed by atoms with Crippen molar-refractivity contribution in [2.24, 2.45) is 5.92 Å². The summed E-state index contributed by atoms with van der Waals surface area (Å²) >= 11 is 0. The van der Waals surface area contributed by atoms with Gasteiger partial charge in [-0.2, -0.15) is 0 Å². The van der Waals surface area contributed by atoms with Crippen molar-refractivity contribution in [1.29, 1.82) is 0 Å². The van der Waals surface area contributed by atoms with Gasteiger partial charge in [-0.1, -0.05) is 74.5 Å². The van der Waals surface area contributed by atoms with Crippen LogP contribution in [0.2, 0.25) is 0 Å². The van der Waals surface area contributed by atoms with Crippen LogP contribution >= 0.6 is 0 Å². The van der Waals surface area contributed by atoms with Gasteiger partial charge in [0.05, 0.1) is 0 Å². The predicted octanol–water partition coefficient (Wildman–Crippen LogP) is 5.96. The van der Waals surface area contributed by atoms with Crippen molar-refractivity contribution < 1.29 is 9.53 Å². The maximum Gasteiger partial charge on any atom is 0.322 e. The first-order valence-corrected chi connectivity index (χ1v) is 9.97. The summed E-state index contributed by atoms with van der Waals surface area (Å²) in [5.74, 6) is 1.17. The van der Waals surface area contributed by atoms with E-state index in [0.717, 1.165) is 22.6 Å². The van der Waals surface area contributed by atoms with Gasteiger partial charge in [-0.3, -0.25) is 0 Å². The van der Waals surface area contributed by atoms with Gasteiger partial charge in [0.2, 0.25) is 0 Å². The zero-order chi connectivity index (χ0) is 20.5. The smallest absolute Gasteiger partial charge is 0.322 e. The summed E-state index contributed by atoms with van der Waals surface area (Å²) < 4.78 is 5.93. The number of carbonyl (C=O) groups is 1. The van der Waals surface area contributed by atoms with Crippen molar-refractivity contribution >= 4 is 11.7 Å². The lowest BCUT2D eigenvalue weighted by Gasteiger charge is -2.25. The number of para-hydroxylation sites is 1. The van der Waals surface area contributed by atoms with Crippen LogP contribution in [0.15, 0.2) is 84.9 Å². The van der Waals surface area contributed by atoms with Crippen LogP contribution in [0.4, 0.5) is 10.5 Å². The second-order valence-electron chi connectivity index (χ2n) is 7.49. The number of ether oxygens (including phenoxy) is 1. The van der Waals surface area contributed by atoms with Crippen LogP contribution in [0.5, 0.6) is 5.75 Å². The Morgan fingerprint density at radius 1 is 0.897 bits per heavy atom. The fraction of sp³-hybridized carbons (Fsp3) is 0.240. The van der Waals surface area contributed by atoms with Crippen LogP contribution in [0, 0.1) is 5.92 Å². The maximum atomic E-state index is 12.8. The maximum absolute atomic E-state index is 12.8. The number of hydrogen-bond acceptors (Lipinski definition) is 2. The molecule has 0 aliphatic rings. The molecule has 0 bridgehead atoms. The molecule has 3 aromatic rings. The molecule has 29 heavy (non-hydrogen) atoms. The van der Waals surface area contributed by atoms with Crippen molar-refractivity contribution in [3.8, 4) is 5.75 Å². The summed E-state index contributed by atoms with van der Waals surface area (Å²) in [6.07, 6.45) is 0. The molecule has 1 N–H and O–H groups in total. The number of nitrogens with one attached hydrogen (secondary N) is 1. The second-order valence-corrected chi connectivity index (χ2v) is 7.49. The fourth-order valence-electron chi connectivity index (χ4n) is 3.08. The average Bonchev–Trinajstić information content (AvgIpc) is 2.73. The molecule has 0 aliphatic carbocycles. The summed E-state index contributed by atoms with van der Waals surface area (Å²) in [6, 6.07) is 27.5. The summed E-state index contributed by atoms with van der Waals surface area (Å²) in [6.45, 7) is 5.95. The lowest BCUT2D eigenvalue weighted by Crippen LogP contribution is -2.37. The number of anilines is 1. The molecule has 0 atom stereocenters. The molecule has 4 nitrogen and oxygen atoms in total. The van der Waals surface area contributed by atoms with Crippen molar-refractivity contribution in [3.05, 3.63) is 96.1 Å². The zero-order valence-electron chi connectivity index (χ0n) is 17.0. The third-order valence-corrected chi connectivity index (χ3v) is 4.42. The van der Waals surface area contributed by atoms with Crippen molar-refractivity contribution in [2.75, 3.05) is 11.9 Å². The van der Waals surface area contributed by atoms with E-state index in [0.29, 0.717) is 25.6 Å². The van der Waals surface area contributed by atoms with E-state index in [4.69, 9.17) is 4.74 Å². The zero-order valence-corrected chi connectivity index (χ0v) is 17.0. The topological polar surface area (TPSA) is 41.6 Å². The first-order valence-electron chi connectivity index (χ1n) is 9.97. The Bertz CT molecular complexity index is 895. The summed E-state index contributed by atoms with van der Waals surface area (Å²) in [5.41, 5.74) is 2.97. The Balaban J connectivity index is 1.66. The molecular weight excluding hydrogens is 360 g/mol. The van der Waals surface area contributed by atoms with Crippen molar-refractivity contribution in [2.45, 2.75) is 27.0 Å². The van der Waals surface area contributed by atoms with Gasteiger partial charge in [-0.25, -0.2) is 4.79 Å².